The summed E-state index contributed by atoms with van der Waals surface area (Å²) in [6, 6.07) is 19.4. The van der Waals surface area contributed by atoms with Crippen LogP contribution in [0.4, 0.5) is 5.69 Å². The predicted octanol–water partition coefficient (Wildman–Crippen LogP) is 5.12. The molecule has 0 radical (unpaired) electrons. The second kappa shape index (κ2) is 5.45. The molecule has 0 amide bonds. The van der Waals surface area contributed by atoms with Crippen molar-refractivity contribution in [2.45, 2.75) is 12.8 Å². The van der Waals surface area contributed by atoms with E-state index in [1.165, 1.54) is 21.3 Å². The Bertz CT molecular complexity index is 657. The molecule has 19 heavy (non-hydrogen) atoms. The van der Waals surface area contributed by atoms with Crippen molar-refractivity contribution in [3.63, 3.8) is 0 Å². The van der Waals surface area contributed by atoms with E-state index in [4.69, 9.17) is 0 Å². The molecule has 1 aromatic heterocycles. The van der Waals surface area contributed by atoms with Crippen LogP contribution in [0.1, 0.15) is 18.4 Å². The summed E-state index contributed by atoms with van der Waals surface area (Å²) in [6.45, 7) is 3.21. The normalized spacial score (nSPS) is 12.5. The molecule has 3 aromatic rings. The number of thiophene rings is 1. The Balaban J connectivity index is 1.68. The first kappa shape index (κ1) is 12.2. The highest BCUT2D eigenvalue weighted by Gasteiger charge is 2.04. The van der Waals surface area contributed by atoms with Crippen LogP contribution >= 0.6 is 11.3 Å². The third kappa shape index (κ3) is 2.79. The van der Waals surface area contributed by atoms with Gasteiger partial charge in [-0.1, -0.05) is 37.3 Å². The lowest BCUT2D eigenvalue weighted by Crippen LogP contribution is -2.09. The minimum Gasteiger partial charge on any atom is -0.384 e. The summed E-state index contributed by atoms with van der Waals surface area (Å²) in [7, 11) is 0. The van der Waals surface area contributed by atoms with Gasteiger partial charge in [-0.05, 0) is 46.5 Å². The molecule has 0 saturated heterocycles. The van der Waals surface area contributed by atoms with E-state index in [2.05, 4.69) is 72.2 Å². The van der Waals surface area contributed by atoms with Crippen molar-refractivity contribution in [2.75, 3.05) is 11.9 Å². The summed E-state index contributed by atoms with van der Waals surface area (Å²) < 4.78 is 1.35. The van der Waals surface area contributed by atoms with Gasteiger partial charge in [0.25, 0.3) is 0 Å². The number of hydrogen-bond donors (Lipinski definition) is 1. The summed E-state index contributed by atoms with van der Waals surface area (Å²) in [5.41, 5.74) is 2.58. The molecule has 1 unspecified atom stereocenters. The topological polar surface area (TPSA) is 12.0 Å². The Morgan fingerprint density at radius 3 is 2.74 bits per heavy atom. The molecule has 1 nitrogen and oxygen atoms in total. The van der Waals surface area contributed by atoms with Gasteiger partial charge in [0.1, 0.15) is 0 Å². The maximum atomic E-state index is 3.53. The van der Waals surface area contributed by atoms with E-state index in [1.54, 1.807) is 11.3 Å². The van der Waals surface area contributed by atoms with Gasteiger partial charge in [-0.15, -0.1) is 11.3 Å². The van der Waals surface area contributed by atoms with E-state index < -0.39 is 0 Å². The molecule has 1 atom stereocenters. The second-order valence-corrected chi connectivity index (χ2v) is 5.81. The first-order valence-corrected chi connectivity index (χ1v) is 7.47. The van der Waals surface area contributed by atoms with Gasteiger partial charge in [-0.25, -0.2) is 0 Å². The van der Waals surface area contributed by atoms with Crippen molar-refractivity contribution < 1.29 is 0 Å². The van der Waals surface area contributed by atoms with Crippen LogP contribution in [0.15, 0.2) is 60.0 Å². The molecule has 2 heteroatoms. The van der Waals surface area contributed by atoms with Crippen LogP contribution in [0, 0.1) is 0 Å². The molecule has 0 fully saturated rings. The van der Waals surface area contributed by atoms with Crippen molar-refractivity contribution in [3.05, 3.63) is 65.5 Å². The van der Waals surface area contributed by atoms with Gasteiger partial charge in [0, 0.05) is 16.9 Å². The number of fused-ring (bicyclic) bond motifs is 1. The Kier molecular flexibility index (Phi) is 3.51. The van der Waals surface area contributed by atoms with Gasteiger partial charge in [-0.3, -0.25) is 0 Å². The lowest BCUT2D eigenvalue weighted by molar-refractivity contribution is 0.805. The molecule has 1 heterocycles. The molecular formula is C17H17NS. The van der Waals surface area contributed by atoms with Gasteiger partial charge < -0.3 is 5.32 Å². The Morgan fingerprint density at radius 1 is 1.05 bits per heavy atom. The maximum Gasteiger partial charge on any atom is 0.0347 e. The van der Waals surface area contributed by atoms with Gasteiger partial charge in [0.05, 0.1) is 0 Å². The van der Waals surface area contributed by atoms with E-state index in [-0.39, 0.29) is 0 Å². The molecule has 1 N–H and O–H groups in total. The van der Waals surface area contributed by atoms with Gasteiger partial charge in [-0.2, -0.15) is 0 Å². The van der Waals surface area contributed by atoms with Crippen molar-refractivity contribution in [1.82, 2.24) is 0 Å². The molecule has 2 aromatic carbocycles. The molecule has 3 rings (SSSR count). The van der Waals surface area contributed by atoms with E-state index in [1.807, 2.05) is 0 Å². The SMILES string of the molecule is CC(CNc1ccc2sccc2c1)c1ccccc1. The number of hydrogen-bond acceptors (Lipinski definition) is 2. The predicted molar refractivity (Wildman–Crippen MR) is 85.2 cm³/mol. The van der Waals surface area contributed by atoms with Crippen LogP contribution < -0.4 is 5.32 Å². The highest BCUT2D eigenvalue weighted by molar-refractivity contribution is 7.17. The smallest absolute Gasteiger partial charge is 0.0347 e. The van der Waals surface area contributed by atoms with E-state index in [0.717, 1.165) is 6.54 Å². The Hall–Kier alpha value is -1.80. The van der Waals surface area contributed by atoms with Crippen molar-refractivity contribution in [2.24, 2.45) is 0 Å². The summed E-state index contributed by atoms with van der Waals surface area (Å²) in [5.74, 6) is 0.513. The second-order valence-electron chi connectivity index (χ2n) is 4.87. The average molecular weight is 267 g/mol. The summed E-state index contributed by atoms with van der Waals surface area (Å²) in [5, 5.41) is 6.99. The standard InChI is InChI=1S/C17H17NS/c1-13(14-5-3-2-4-6-14)12-18-16-7-8-17-15(11-16)9-10-19-17/h2-11,13,18H,12H2,1H3. The van der Waals surface area contributed by atoms with E-state index >= 15 is 0 Å². The molecule has 0 aliphatic rings. The molecule has 0 spiro atoms. The highest BCUT2D eigenvalue weighted by atomic mass is 32.1. The van der Waals surface area contributed by atoms with Crippen LogP contribution in [-0.2, 0) is 0 Å². The minimum atomic E-state index is 0.513. The average Bonchev–Trinajstić information content (AvgIpc) is 2.93. The van der Waals surface area contributed by atoms with Crippen molar-refractivity contribution in [3.8, 4) is 0 Å². The van der Waals surface area contributed by atoms with Crippen molar-refractivity contribution >= 4 is 27.1 Å². The fourth-order valence-corrected chi connectivity index (χ4v) is 3.02. The number of anilines is 1. The minimum absolute atomic E-state index is 0.513. The number of benzene rings is 2. The Morgan fingerprint density at radius 2 is 1.89 bits per heavy atom. The number of nitrogens with one attached hydrogen (secondary N) is 1. The molecular weight excluding hydrogens is 250 g/mol. The zero-order chi connectivity index (χ0) is 13.1. The van der Waals surface area contributed by atoms with E-state index in [0.29, 0.717) is 5.92 Å². The van der Waals surface area contributed by atoms with Gasteiger partial charge in [0.2, 0.25) is 0 Å². The zero-order valence-corrected chi connectivity index (χ0v) is 11.8. The lowest BCUT2D eigenvalue weighted by atomic mass is 10.0. The third-order valence-corrected chi connectivity index (χ3v) is 4.33. The molecule has 96 valence electrons. The largest absolute Gasteiger partial charge is 0.384 e. The van der Waals surface area contributed by atoms with Crippen molar-refractivity contribution in [1.29, 1.82) is 0 Å². The molecule has 0 bridgehead atoms. The summed E-state index contributed by atoms with van der Waals surface area (Å²) in [4.78, 5) is 0. The summed E-state index contributed by atoms with van der Waals surface area (Å²) in [6.07, 6.45) is 0. The molecule has 0 aliphatic carbocycles. The van der Waals surface area contributed by atoms with Crippen LogP contribution in [0.2, 0.25) is 0 Å². The molecule has 0 saturated carbocycles. The number of rotatable bonds is 4. The van der Waals surface area contributed by atoms with Crippen LogP contribution in [0.3, 0.4) is 0 Å². The zero-order valence-electron chi connectivity index (χ0n) is 11.0. The maximum absolute atomic E-state index is 3.53. The fourth-order valence-electron chi connectivity index (χ4n) is 2.25. The van der Waals surface area contributed by atoms with Gasteiger partial charge >= 0.3 is 0 Å². The summed E-state index contributed by atoms with van der Waals surface area (Å²) >= 11 is 1.79. The quantitative estimate of drug-likeness (QED) is 0.692. The molecule has 0 aliphatic heterocycles. The Labute approximate surface area is 117 Å². The third-order valence-electron chi connectivity index (χ3n) is 3.43. The van der Waals surface area contributed by atoms with Gasteiger partial charge in [0.15, 0.2) is 0 Å². The first-order chi connectivity index (χ1) is 9.33. The lowest BCUT2D eigenvalue weighted by Gasteiger charge is -2.14. The van der Waals surface area contributed by atoms with E-state index in [9.17, 15) is 0 Å². The fraction of sp³-hybridized carbons (Fsp3) is 0.176. The van der Waals surface area contributed by atoms with Crippen LogP contribution in [0.5, 0.6) is 0 Å². The first-order valence-electron chi connectivity index (χ1n) is 6.59. The van der Waals surface area contributed by atoms with Crippen LogP contribution in [-0.4, -0.2) is 6.54 Å². The monoisotopic (exact) mass is 267 g/mol. The highest BCUT2D eigenvalue weighted by Crippen LogP contribution is 2.24. The van der Waals surface area contributed by atoms with Crippen LogP contribution in [0.25, 0.3) is 10.1 Å².